The van der Waals surface area contributed by atoms with Gasteiger partial charge in [0.05, 0.1) is 11.4 Å². The lowest BCUT2D eigenvalue weighted by Gasteiger charge is -2.33. The third-order valence-corrected chi connectivity index (χ3v) is 5.40. The predicted molar refractivity (Wildman–Crippen MR) is 69.8 cm³/mol. The molecule has 0 aromatic carbocycles. The highest BCUT2D eigenvalue weighted by molar-refractivity contribution is 7.91. The number of aliphatic hydroxyl groups is 1. The summed E-state index contributed by atoms with van der Waals surface area (Å²) in [5.41, 5.74) is -0.623. The number of hydrogen-bond acceptors (Lipinski definition) is 4. The normalized spacial score (nSPS) is 22.3. The van der Waals surface area contributed by atoms with Crippen molar-refractivity contribution < 1.29 is 13.5 Å². The Labute approximate surface area is 105 Å². The summed E-state index contributed by atoms with van der Waals surface area (Å²) in [6, 6.07) is -0.0918. The molecule has 1 aliphatic carbocycles. The van der Waals surface area contributed by atoms with Gasteiger partial charge in [-0.2, -0.15) is 0 Å². The van der Waals surface area contributed by atoms with E-state index in [1.54, 1.807) is 6.92 Å². The Bertz CT molecular complexity index is 321. The summed E-state index contributed by atoms with van der Waals surface area (Å²) in [5, 5.41) is 13.4. The summed E-state index contributed by atoms with van der Waals surface area (Å²) in [6.45, 7) is 4.03. The van der Waals surface area contributed by atoms with Crippen molar-refractivity contribution in [3.05, 3.63) is 0 Å². The van der Waals surface area contributed by atoms with Crippen LogP contribution in [0.2, 0.25) is 0 Å². The zero-order valence-electron chi connectivity index (χ0n) is 10.9. The van der Waals surface area contributed by atoms with E-state index in [1.807, 2.05) is 6.92 Å². The lowest BCUT2D eigenvalue weighted by atomic mass is 9.85. The first-order valence-electron chi connectivity index (χ1n) is 6.53. The minimum absolute atomic E-state index is 0.0918. The SMILES string of the molecule is CCS(=O)(=O)CC(C)NCC1(O)CCCCC1. The van der Waals surface area contributed by atoms with Gasteiger partial charge < -0.3 is 10.4 Å². The molecule has 0 radical (unpaired) electrons. The van der Waals surface area contributed by atoms with Crippen LogP contribution in [0, 0.1) is 0 Å². The average molecular weight is 263 g/mol. The van der Waals surface area contributed by atoms with Gasteiger partial charge in [-0.3, -0.25) is 0 Å². The minimum atomic E-state index is -2.94. The highest BCUT2D eigenvalue weighted by Gasteiger charge is 2.29. The second-order valence-corrected chi connectivity index (χ2v) is 7.66. The summed E-state index contributed by atoms with van der Waals surface area (Å²) >= 11 is 0. The molecule has 102 valence electrons. The molecular formula is C12H25NO3S. The van der Waals surface area contributed by atoms with Gasteiger partial charge in [0.2, 0.25) is 0 Å². The molecular weight excluding hydrogens is 238 g/mol. The van der Waals surface area contributed by atoms with Crippen LogP contribution >= 0.6 is 0 Å². The van der Waals surface area contributed by atoms with Crippen LogP contribution < -0.4 is 5.32 Å². The molecule has 0 saturated heterocycles. The monoisotopic (exact) mass is 263 g/mol. The summed E-state index contributed by atoms with van der Waals surface area (Å²) < 4.78 is 22.9. The lowest BCUT2D eigenvalue weighted by molar-refractivity contribution is 0.00350. The summed E-state index contributed by atoms with van der Waals surface area (Å²) in [5.74, 6) is 0.336. The quantitative estimate of drug-likeness (QED) is 0.753. The zero-order valence-corrected chi connectivity index (χ0v) is 11.7. The van der Waals surface area contributed by atoms with Gasteiger partial charge in [-0.25, -0.2) is 8.42 Å². The third-order valence-electron chi connectivity index (χ3n) is 3.51. The summed E-state index contributed by atoms with van der Waals surface area (Å²) in [7, 11) is -2.94. The van der Waals surface area contributed by atoms with Gasteiger partial charge in [0, 0.05) is 18.3 Å². The fourth-order valence-electron chi connectivity index (χ4n) is 2.31. The molecule has 0 aliphatic heterocycles. The number of nitrogens with one attached hydrogen (secondary N) is 1. The average Bonchev–Trinajstić information content (AvgIpc) is 2.27. The van der Waals surface area contributed by atoms with E-state index in [0.717, 1.165) is 25.7 Å². The molecule has 1 unspecified atom stereocenters. The van der Waals surface area contributed by atoms with E-state index in [0.29, 0.717) is 6.54 Å². The topological polar surface area (TPSA) is 66.4 Å². The van der Waals surface area contributed by atoms with Crippen LogP contribution in [0.4, 0.5) is 0 Å². The fraction of sp³-hybridized carbons (Fsp3) is 1.00. The Hall–Kier alpha value is -0.130. The molecule has 0 amide bonds. The molecule has 1 atom stereocenters. The smallest absolute Gasteiger partial charge is 0.151 e. The summed E-state index contributed by atoms with van der Waals surface area (Å²) in [6.07, 6.45) is 4.99. The van der Waals surface area contributed by atoms with Gasteiger partial charge in [0.25, 0.3) is 0 Å². The Morgan fingerprint density at radius 1 is 1.29 bits per heavy atom. The van der Waals surface area contributed by atoms with Gasteiger partial charge in [-0.05, 0) is 19.8 Å². The highest BCUT2D eigenvalue weighted by Crippen LogP contribution is 2.27. The van der Waals surface area contributed by atoms with Gasteiger partial charge in [0.15, 0.2) is 9.84 Å². The molecule has 0 bridgehead atoms. The van der Waals surface area contributed by atoms with Crippen LogP contribution in [0.5, 0.6) is 0 Å². The van der Waals surface area contributed by atoms with Crippen molar-refractivity contribution in [1.82, 2.24) is 5.32 Å². The lowest BCUT2D eigenvalue weighted by Crippen LogP contribution is -2.46. The van der Waals surface area contributed by atoms with Gasteiger partial charge >= 0.3 is 0 Å². The molecule has 1 fully saturated rings. The molecule has 1 saturated carbocycles. The molecule has 0 heterocycles. The molecule has 0 aromatic heterocycles. The maximum atomic E-state index is 11.4. The first-order chi connectivity index (χ1) is 7.87. The number of rotatable bonds is 6. The van der Waals surface area contributed by atoms with E-state index >= 15 is 0 Å². The van der Waals surface area contributed by atoms with Crippen LogP contribution in [-0.2, 0) is 9.84 Å². The number of hydrogen-bond donors (Lipinski definition) is 2. The van der Waals surface area contributed by atoms with Crippen molar-refractivity contribution >= 4 is 9.84 Å². The third kappa shape index (κ3) is 5.36. The van der Waals surface area contributed by atoms with E-state index in [4.69, 9.17) is 0 Å². The molecule has 0 spiro atoms. The van der Waals surface area contributed by atoms with Crippen molar-refractivity contribution in [2.75, 3.05) is 18.1 Å². The first-order valence-corrected chi connectivity index (χ1v) is 8.35. The molecule has 1 aliphatic rings. The van der Waals surface area contributed by atoms with E-state index < -0.39 is 15.4 Å². The van der Waals surface area contributed by atoms with E-state index in [1.165, 1.54) is 6.42 Å². The van der Waals surface area contributed by atoms with Crippen molar-refractivity contribution in [3.8, 4) is 0 Å². The Morgan fingerprint density at radius 3 is 2.41 bits per heavy atom. The molecule has 17 heavy (non-hydrogen) atoms. The van der Waals surface area contributed by atoms with Gasteiger partial charge in [-0.1, -0.05) is 26.2 Å². The van der Waals surface area contributed by atoms with Crippen LogP contribution in [0.1, 0.15) is 46.0 Å². The Kier molecular flexibility index (Phi) is 5.41. The predicted octanol–water partition coefficient (Wildman–Crippen LogP) is 1.09. The van der Waals surface area contributed by atoms with E-state index in [9.17, 15) is 13.5 Å². The fourth-order valence-corrected chi connectivity index (χ4v) is 3.42. The molecule has 2 N–H and O–H groups in total. The Morgan fingerprint density at radius 2 is 1.88 bits per heavy atom. The maximum absolute atomic E-state index is 11.4. The standard InChI is InChI=1S/C12H25NO3S/c1-3-17(15,16)9-11(2)13-10-12(14)7-5-4-6-8-12/h11,13-14H,3-10H2,1-2H3. The van der Waals surface area contributed by atoms with Crippen LogP contribution in [-0.4, -0.2) is 43.2 Å². The zero-order chi connectivity index (χ0) is 12.9. The van der Waals surface area contributed by atoms with Gasteiger partial charge in [-0.15, -0.1) is 0 Å². The van der Waals surface area contributed by atoms with Crippen molar-refractivity contribution in [2.24, 2.45) is 0 Å². The second kappa shape index (κ2) is 6.16. The first kappa shape index (κ1) is 14.9. The second-order valence-electron chi connectivity index (χ2n) is 5.27. The van der Waals surface area contributed by atoms with Crippen molar-refractivity contribution in [2.45, 2.75) is 57.6 Å². The minimum Gasteiger partial charge on any atom is -0.389 e. The molecule has 4 nitrogen and oxygen atoms in total. The highest BCUT2D eigenvalue weighted by atomic mass is 32.2. The van der Waals surface area contributed by atoms with E-state index in [-0.39, 0.29) is 17.5 Å². The largest absolute Gasteiger partial charge is 0.389 e. The molecule has 5 heteroatoms. The van der Waals surface area contributed by atoms with Crippen LogP contribution in [0.3, 0.4) is 0 Å². The van der Waals surface area contributed by atoms with Crippen LogP contribution in [0.15, 0.2) is 0 Å². The summed E-state index contributed by atoms with van der Waals surface area (Å²) in [4.78, 5) is 0. The Balaban J connectivity index is 2.34. The molecule has 1 rings (SSSR count). The maximum Gasteiger partial charge on any atom is 0.151 e. The number of sulfone groups is 1. The van der Waals surface area contributed by atoms with Crippen molar-refractivity contribution in [1.29, 1.82) is 0 Å². The van der Waals surface area contributed by atoms with Crippen molar-refractivity contribution in [3.63, 3.8) is 0 Å². The van der Waals surface area contributed by atoms with Gasteiger partial charge in [0.1, 0.15) is 0 Å². The molecule has 0 aromatic rings. The van der Waals surface area contributed by atoms with E-state index in [2.05, 4.69) is 5.32 Å². The van der Waals surface area contributed by atoms with Crippen LogP contribution in [0.25, 0.3) is 0 Å².